The van der Waals surface area contributed by atoms with Crippen LogP contribution in [0, 0.1) is 5.82 Å². The van der Waals surface area contributed by atoms with Crippen LogP contribution >= 0.6 is 11.8 Å². The van der Waals surface area contributed by atoms with Gasteiger partial charge in [0.05, 0.1) is 18.6 Å². The normalized spacial score (nSPS) is 10.9. The number of ether oxygens (including phenoxy) is 1. The molecule has 2 aromatic heterocycles. The molecule has 0 unspecified atom stereocenters. The lowest BCUT2D eigenvalue weighted by Crippen LogP contribution is -2.24. The Morgan fingerprint density at radius 3 is 2.70 bits per heavy atom. The van der Waals surface area contributed by atoms with E-state index in [1.807, 2.05) is 24.3 Å². The molecule has 0 aliphatic carbocycles. The van der Waals surface area contributed by atoms with E-state index in [0.717, 1.165) is 16.9 Å². The highest BCUT2D eigenvalue weighted by molar-refractivity contribution is 7.99. The molecule has 0 saturated carbocycles. The van der Waals surface area contributed by atoms with Crippen molar-refractivity contribution in [3.05, 3.63) is 72.0 Å². The zero-order valence-corrected chi connectivity index (χ0v) is 16.9. The molecule has 7 nitrogen and oxygen atoms in total. The van der Waals surface area contributed by atoms with Crippen molar-refractivity contribution in [2.24, 2.45) is 0 Å². The number of hydrogen-bond donors (Lipinski definition) is 1. The monoisotopic (exact) mass is 423 g/mol. The van der Waals surface area contributed by atoms with Crippen molar-refractivity contribution in [1.82, 2.24) is 25.1 Å². The molecule has 0 atom stereocenters. The number of halogens is 1. The molecule has 0 aliphatic rings. The van der Waals surface area contributed by atoms with Gasteiger partial charge < -0.3 is 10.1 Å². The number of fused-ring (bicyclic) bond motifs is 1. The van der Waals surface area contributed by atoms with Gasteiger partial charge in [-0.15, -0.1) is 10.2 Å². The molecule has 30 heavy (non-hydrogen) atoms. The maximum absolute atomic E-state index is 13.2. The topological polar surface area (TPSA) is 81.4 Å². The standard InChI is InChI=1S/C21H18FN5O2S/c1-29-18-5-3-2-4-15(18)12-23-20(28)13-30-21-25-24-19-11-10-17(26-27(19)21)14-6-8-16(22)9-7-14/h2-11H,12-13H2,1H3,(H,23,28). The lowest BCUT2D eigenvalue weighted by molar-refractivity contribution is -0.118. The summed E-state index contributed by atoms with van der Waals surface area (Å²) in [5.41, 5.74) is 2.90. The smallest absolute Gasteiger partial charge is 0.230 e. The Morgan fingerprint density at radius 1 is 1.10 bits per heavy atom. The molecule has 1 amide bonds. The van der Waals surface area contributed by atoms with E-state index in [0.29, 0.717) is 23.0 Å². The summed E-state index contributed by atoms with van der Waals surface area (Å²) in [5.74, 6) is 0.446. The van der Waals surface area contributed by atoms with Crippen molar-refractivity contribution in [3.63, 3.8) is 0 Å². The van der Waals surface area contributed by atoms with E-state index in [2.05, 4.69) is 20.6 Å². The predicted octanol–water partition coefficient (Wildman–Crippen LogP) is 3.35. The summed E-state index contributed by atoms with van der Waals surface area (Å²) in [7, 11) is 1.60. The van der Waals surface area contributed by atoms with Crippen molar-refractivity contribution in [2.75, 3.05) is 12.9 Å². The summed E-state index contributed by atoms with van der Waals surface area (Å²) >= 11 is 1.24. The second-order valence-electron chi connectivity index (χ2n) is 6.36. The molecular weight excluding hydrogens is 405 g/mol. The van der Waals surface area contributed by atoms with Gasteiger partial charge in [-0.25, -0.2) is 4.39 Å². The summed E-state index contributed by atoms with van der Waals surface area (Å²) in [6.07, 6.45) is 0. The maximum Gasteiger partial charge on any atom is 0.230 e. The number of benzene rings is 2. The minimum Gasteiger partial charge on any atom is -0.496 e. The van der Waals surface area contributed by atoms with Gasteiger partial charge in [0.1, 0.15) is 11.6 Å². The first-order chi connectivity index (χ1) is 14.6. The van der Waals surface area contributed by atoms with E-state index in [4.69, 9.17) is 4.74 Å². The van der Waals surface area contributed by atoms with E-state index < -0.39 is 0 Å². The number of methoxy groups -OCH3 is 1. The SMILES string of the molecule is COc1ccccc1CNC(=O)CSc1nnc2ccc(-c3ccc(F)cc3)nn12. The third kappa shape index (κ3) is 4.41. The van der Waals surface area contributed by atoms with Gasteiger partial charge in [0.15, 0.2) is 5.65 Å². The van der Waals surface area contributed by atoms with Crippen LogP contribution in [0.4, 0.5) is 4.39 Å². The van der Waals surface area contributed by atoms with Crippen molar-refractivity contribution >= 4 is 23.3 Å². The first-order valence-electron chi connectivity index (χ1n) is 9.14. The van der Waals surface area contributed by atoms with E-state index in [-0.39, 0.29) is 17.5 Å². The molecule has 0 spiro atoms. The Hall–Kier alpha value is -3.46. The number of nitrogens with zero attached hydrogens (tertiary/aromatic N) is 4. The molecule has 4 rings (SSSR count). The van der Waals surface area contributed by atoms with Gasteiger partial charge in [-0.05, 0) is 42.5 Å². The highest BCUT2D eigenvalue weighted by atomic mass is 32.2. The van der Waals surface area contributed by atoms with Gasteiger partial charge in [-0.2, -0.15) is 9.61 Å². The summed E-state index contributed by atoms with van der Waals surface area (Å²) in [6.45, 7) is 0.372. The Morgan fingerprint density at radius 2 is 1.90 bits per heavy atom. The number of rotatable bonds is 7. The van der Waals surface area contributed by atoms with Crippen LogP contribution in [0.2, 0.25) is 0 Å². The molecule has 1 N–H and O–H groups in total. The number of nitrogens with one attached hydrogen (secondary N) is 1. The third-order valence-corrected chi connectivity index (χ3v) is 5.29. The molecule has 2 heterocycles. The van der Waals surface area contributed by atoms with Gasteiger partial charge in [0.25, 0.3) is 0 Å². The third-order valence-electron chi connectivity index (χ3n) is 4.38. The van der Waals surface area contributed by atoms with E-state index in [1.165, 1.54) is 23.9 Å². The molecule has 0 bridgehead atoms. The number of aromatic nitrogens is 4. The van der Waals surface area contributed by atoms with Crippen molar-refractivity contribution in [2.45, 2.75) is 11.7 Å². The van der Waals surface area contributed by atoms with Gasteiger partial charge in [-0.3, -0.25) is 4.79 Å². The lowest BCUT2D eigenvalue weighted by Gasteiger charge is -2.09. The van der Waals surface area contributed by atoms with Crippen LogP contribution in [-0.4, -0.2) is 38.6 Å². The van der Waals surface area contributed by atoms with Crippen LogP contribution in [0.25, 0.3) is 16.9 Å². The number of thioether (sulfide) groups is 1. The summed E-state index contributed by atoms with van der Waals surface area (Å²) in [5, 5.41) is 16.1. The quantitative estimate of drug-likeness (QED) is 0.459. The fraction of sp³-hybridized carbons (Fsp3) is 0.143. The van der Waals surface area contributed by atoms with Crippen molar-refractivity contribution in [3.8, 4) is 17.0 Å². The first-order valence-corrected chi connectivity index (χ1v) is 10.1. The number of hydrogen-bond acceptors (Lipinski definition) is 6. The van der Waals surface area contributed by atoms with Gasteiger partial charge in [0.2, 0.25) is 11.1 Å². The number of amides is 1. The van der Waals surface area contributed by atoms with Crippen molar-refractivity contribution in [1.29, 1.82) is 0 Å². The second-order valence-corrected chi connectivity index (χ2v) is 7.30. The Kier molecular flexibility index (Phi) is 5.89. The molecule has 0 fully saturated rings. The molecule has 152 valence electrons. The van der Waals surface area contributed by atoms with Crippen LogP contribution in [0.1, 0.15) is 5.56 Å². The second kappa shape index (κ2) is 8.91. The maximum atomic E-state index is 13.2. The number of para-hydroxylation sites is 1. The van der Waals surface area contributed by atoms with Crippen LogP contribution in [0.15, 0.2) is 65.8 Å². The summed E-state index contributed by atoms with van der Waals surface area (Å²) in [6, 6.07) is 17.2. The van der Waals surface area contributed by atoms with Gasteiger partial charge >= 0.3 is 0 Å². The highest BCUT2D eigenvalue weighted by Crippen LogP contribution is 2.21. The highest BCUT2D eigenvalue weighted by Gasteiger charge is 2.12. The van der Waals surface area contributed by atoms with Crippen LogP contribution in [-0.2, 0) is 11.3 Å². The average molecular weight is 423 g/mol. The van der Waals surface area contributed by atoms with E-state index in [9.17, 15) is 9.18 Å². The minimum absolute atomic E-state index is 0.141. The molecule has 4 aromatic rings. The Balaban J connectivity index is 1.43. The zero-order valence-electron chi connectivity index (χ0n) is 16.1. The van der Waals surface area contributed by atoms with Gasteiger partial charge in [0, 0.05) is 17.7 Å². The Bertz CT molecular complexity index is 1180. The number of carbonyl (C=O) groups excluding carboxylic acids is 1. The average Bonchev–Trinajstić information content (AvgIpc) is 3.19. The zero-order chi connectivity index (χ0) is 20.9. The largest absolute Gasteiger partial charge is 0.496 e. The first kappa shape index (κ1) is 19.8. The molecule has 9 heteroatoms. The summed E-state index contributed by atoms with van der Waals surface area (Å²) < 4.78 is 20.0. The van der Waals surface area contributed by atoms with Crippen LogP contribution < -0.4 is 10.1 Å². The molecular formula is C21H18FN5O2S. The molecule has 0 aliphatic heterocycles. The fourth-order valence-corrected chi connectivity index (χ4v) is 3.58. The minimum atomic E-state index is -0.306. The van der Waals surface area contributed by atoms with Crippen LogP contribution in [0.5, 0.6) is 5.75 Å². The van der Waals surface area contributed by atoms with E-state index in [1.54, 1.807) is 35.9 Å². The molecule has 2 aromatic carbocycles. The van der Waals surface area contributed by atoms with Gasteiger partial charge in [-0.1, -0.05) is 30.0 Å². The molecule has 0 radical (unpaired) electrons. The van der Waals surface area contributed by atoms with E-state index >= 15 is 0 Å². The Labute approximate surface area is 176 Å². The summed E-state index contributed by atoms with van der Waals surface area (Å²) in [4.78, 5) is 12.3. The fourth-order valence-electron chi connectivity index (χ4n) is 2.86. The molecule has 0 saturated heterocycles. The number of carbonyl (C=O) groups is 1. The van der Waals surface area contributed by atoms with Crippen LogP contribution in [0.3, 0.4) is 0 Å². The van der Waals surface area contributed by atoms with Crippen molar-refractivity contribution < 1.29 is 13.9 Å². The predicted molar refractivity (Wildman–Crippen MR) is 112 cm³/mol. The lowest BCUT2D eigenvalue weighted by atomic mass is 10.1.